The summed E-state index contributed by atoms with van der Waals surface area (Å²) >= 11 is 0. The Kier molecular flexibility index (Phi) is 5.65. The highest BCUT2D eigenvalue weighted by molar-refractivity contribution is 5.76. The average Bonchev–Trinajstić information content (AvgIpc) is 2.27. The minimum Gasteiger partial charge on any atom is -0.380 e. The van der Waals surface area contributed by atoms with Gasteiger partial charge in [0.25, 0.3) is 0 Å². The summed E-state index contributed by atoms with van der Waals surface area (Å²) in [6.45, 7) is 3.59. The van der Waals surface area contributed by atoms with Gasteiger partial charge in [0.05, 0.1) is 6.10 Å². The van der Waals surface area contributed by atoms with Crippen LogP contribution in [-0.2, 0) is 9.53 Å². The summed E-state index contributed by atoms with van der Waals surface area (Å²) in [5.41, 5.74) is 0. The maximum Gasteiger partial charge on any atom is 0.221 e. The van der Waals surface area contributed by atoms with E-state index in [1.54, 1.807) is 7.11 Å². The first-order chi connectivity index (χ1) is 7.22. The Bertz CT molecular complexity index is 191. The zero-order valence-corrected chi connectivity index (χ0v) is 9.71. The Morgan fingerprint density at radius 1 is 1.60 bits per heavy atom. The standard InChI is InChI=1S/C11H22N2O2/c1-9(15-2)8-13-11(14)7-10-5-3-4-6-12-10/h9-10,12H,3-8H2,1-2H3,(H,13,14). The lowest BCUT2D eigenvalue weighted by Crippen LogP contribution is -2.40. The van der Waals surface area contributed by atoms with Gasteiger partial charge in [0, 0.05) is 26.1 Å². The number of ether oxygens (including phenoxy) is 1. The minimum atomic E-state index is 0.0910. The molecule has 0 aromatic carbocycles. The maximum atomic E-state index is 11.5. The van der Waals surface area contributed by atoms with Crippen LogP contribution >= 0.6 is 0 Å². The molecule has 0 radical (unpaired) electrons. The normalized spacial score (nSPS) is 23.5. The molecule has 0 bridgehead atoms. The van der Waals surface area contributed by atoms with Gasteiger partial charge in [-0.3, -0.25) is 4.79 Å². The van der Waals surface area contributed by atoms with Gasteiger partial charge < -0.3 is 15.4 Å². The topological polar surface area (TPSA) is 50.4 Å². The highest BCUT2D eigenvalue weighted by atomic mass is 16.5. The zero-order valence-electron chi connectivity index (χ0n) is 9.71. The van der Waals surface area contributed by atoms with Crippen molar-refractivity contribution in [3.8, 4) is 0 Å². The fourth-order valence-corrected chi connectivity index (χ4v) is 1.74. The van der Waals surface area contributed by atoms with E-state index in [9.17, 15) is 4.79 Å². The molecule has 1 heterocycles. The first-order valence-corrected chi connectivity index (χ1v) is 5.75. The summed E-state index contributed by atoms with van der Waals surface area (Å²) in [6.07, 6.45) is 4.27. The van der Waals surface area contributed by atoms with Crippen molar-refractivity contribution in [3.05, 3.63) is 0 Å². The summed E-state index contributed by atoms with van der Waals surface area (Å²) in [5, 5.41) is 6.24. The van der Waals surface area contributed by atoms with Crippen LogP contribution in [0.15, 0.2) is 0 Å². The van der Waals surface area contributed by atoms with Crippen molar-refractivity contribution in [1.29, 1.82) is 0 Å². The Balaban J connectivity index is 2.11. The Morgan fingerprint density at radius 2 is 2.40 bits per heavy atom. The number of amides is 1. The van der Waals surface area contributed by atoms with E-state index in [0.717, 1.165) is 13.0 Å². The van der Waals surface area contributed by atoms with Gasteiger partial charge in [0.1, 0.15) is 0 Å². The second kappa shape index (κ2) is 6.80. The van der Waals surface area contributed by atoms with Crippen LogP contribution in [0.4, 0.5) is 0 Å². The van der Waals surface area contributed by atoms with Gasteiger partial charge in [-0.25, -0.2) is 0 Å². The first kappa shape index (κ1) is 12.5. The summed E-state index contributed by atoms with van der Waals surface area (Å²) in [7, 11) is 1.65. The molecule has 0 aliphatic carbocycles. The molecule has 2 atom stereocenters. The Hall–Kier alpha value is -0.610. The summed E-state index contributed by atoms with van der Waals surface area (Å²) in [5.74, 6) is 0.123. The Labute approximate surface area is 91.8 Å². The third kappa shape index (κ3) is 5.14. The Morgan fingerprint density at radius 3 is 3.00 bits per heavy atom. The van der Waals surface area contributed by atoms with Crippen LogP contribution in [0.5, 0.6) is 0 Å². The van der Waals surface area contributed by atoms with Crippen molar-refractivity contribution in [2.45, 2.75) is 44.8 Å². The number of piperidine rings is 1. The number of nitrogens with one attached hydrogen (secondary N) is 2. The molecule has 1 aliphatic rings. The predicted molar refractivity (Wildman–Crippen MR) is 59.7 cm³/mol. The number of rotatable bonds is 5. The van der Waals surface area contributed by atoms with Gasteiger partial charge >= 0.3 is 0 Å². The third-order valence-corrected chi connectivity index (χ3v) is 2.83. The highest BCUT2D eigenvalue weighted by Gasteiger charge is 2.16. The minimum absolute atomic E-state index is 0.0910. The van der Waals surface area contributed by atoms with E-state index in [0.29, 0.717) is 19.0 Å². The monoisotopic (exact) mass is 214 g/mol. The van der Waals surface area contributed by atoms with Crippen LogP contribution in [0.2, 0.25) is 0 Å². The lowest BCUT2D eigenvalue weighted by atomic mass is 10.0. The number of hydrogen-bond acceptors (Lipinski definition) is 3. The summed E-state index contributed by atoms with van der Waals surface area (Å²) < 4.78 is 5.06. The van der Waals surface area contributed by atoms with E-state index < -0.39 is 0 Å². The quantitative estimate of drug-likeness (QED) is 0.707. The molecule has 4 nitrogen and oxygen atoms in total. The molecule has 2 N–H and O–H groups in total. The first-order valence-electron chi connectivity index (χ1n) is 5.75. The lowest BCUT2D eigenvalue weighted by molar-refractivity contribution is -0.122. The lowest BCUT2D eigenvalue weighted by Gasteiger charge is -2.23. The molecular weight excluding hydrogens is 192 g/mol. The smallest absolute Gasteiger partial charge is 0.221 e. The number of carbonyl (C=O) groups excluding carboxylic acids is 1. The van der Waals surface area contributed by atoms with E-state index in [1.807, 2.05) is 6.92 Å². The van der Waals surface area contributed by atoms with Gasteiger partial charge in [-0.05, 0) is 26.3 Å². The van der Waals surface area contributed by atoms with E-state index in [1.165, 1.54) is 12.8 Å². The molecule has 1 amide bonds. The van der Waals surface area contributed by atoms with Crippen molar-refractivity contribution >= 4 is 5.91 Å². The fraction of sp³-hybridized carbons (Fsp3) is 0.909. The number of methoxy groups -OCH3 is 1. The van der Waals surface area contributed by atoms with Gasteiger partial charge in [0.15, 0.2) is 0 Å². The summed E-state index contributed by atoms with van der Waals surface area (Å²) in [4.78, 5) is 11.5. The molecule has 2 unspecified atom stereocenters. The molecule has 4 heteroatoms. The SMILES string of the molecule is COC(C)CNC(=O)CC1CCCCN1. The molecule has 1 saturated heterocycles. The van der Waals surface area contributed by atoms with E-state index >= 15 is 0 Å². The summed E-state index contributed by atoms with van der Waals surface area (Å²) in [6, 6.07) is 0.372. The van der Waals surface area contributed by atoms with Crippen LogP contribution in [0.25, 0.3) is 0 Å². The molecule has 1 aliphatic heterocycles. The van der Waals surface area contributed by atoms with E-state index in [-0.39, 0.29) is 12.0 Å². The molecule has 0 saturated carbocycles. The second-order valence-electron chi connectivity index (χ2n) is 4.20. The van der Waals surface area contributed by atoms with Crippen LogP contribution in [-0.4, -0.2) is 38.3 Å². The predicted octanol–water partition coefficient (Wildman–Crippen LogP) is 0.670. The fourth-order valence-electron chi connectivity index (χ4n) is 1.74. The number of carbonyl (C=O) groups is 1. The number of hydrogen-bond donors (Lipinski definition) is 2. The molecular formula is C11H22N2O2. The average molecular weight is 214 g/mol. The molecule has 0 spiro atoms. The van der Waals surface area contributed by atoms with Gasteiger partial charge in [-0.1, -0.05) is 6.42 Å². The third-order valence-electron chi connectivity index (χ3n) is 2.83. The van der Waals surface area contributed by atoms with Crippen molar-refractivity contribution in [1.82, 2.24) is 10.6 Å². The van der Waals surface area contributed by atoms with Gasteiger partial charge in [0.2, 0.25) is 5.91 Å². The largest absolute Gasteiger partial charge is 0.380 e. The van der Waals surface area contributed by atoms with Crippen LogP contribution in [0, 0.1) is 0 Å². The van der Waals surface area contributed by atoms with E-state index in [4.69, 9.17) is 4.74 Å². The van der Waals surface area contributed by atoms with Crippen molar-refractivity contribution in [3.63, 3.8) is 0 Å². The molecule has 15 heavy (non-hydrogen) atoms. The van der Waals surface area contributed by atoms with Crippen LogP contribution < -0.4 is 10.6 Å². The molecule has 88 valence electrons. The highest BCUT2D eigenvalue weighted by Crippen LogP contribution is 2.09. The molecule has 1 fully saturated rings. The van der Waals surface area contributed by atoms with Crippen molar-refractivity contribution < 1.29 is 9.53 Å². The van der Waals surface area contributed by atoms with Crippen molar-refractivity contribution in [2.24, 2.45) is 0 Å². The van der Waals surface area contributed by atoms with Gasteiger partial charge in [-0.2, -0.15) is 0 Å². The van der Waals surface area contributed by atoms with Crippen LogP contribution in [0.3, 0.4) is 0 Å². The molecule has 0 aromatic heterocycles. The zero-order chi connectivity index (χ0) is 11.1. The van der Waals surface area contributed by atoms with Gasteiger partial charge in [-0.15, -0.1) is 0 Å². The van der Waals surface area contributed by atoms with Crippen molar-refractivity contribution in [2.75, 3.05) is 20.2 Å². The second-order valence-corrected chi connectivity index (χ2v) is 4.20. The maximum absolute atomic E-state index is 11.5. The van der Waals surface area contributed by atoms with E-state index in [2.05, 4.69) is 10.6 Å². The molecule has 0 aromatic rings. The molecule has 1 rings (SSSR count). The van der Waals surface area contributed by atoms with Crippen LogP contribution in [0.1, 0.15) is 32.6 Å².